The molecule has 32 heavy (non-hydrogen) atoms. The molecule has 2 aliphatic rings. The van der Waals surface area contributed by atoms with Crippen LogP contribution in [0.4, 0.5) is 11.5 Å². The molecule has 2 aromatic heterocycles. The Labute approximate surface area is 186 Å². The lowest BCUT2D eigenvalue weighted by molar-refractivity contribution is -0.109. The molecule has 2 N–H and O–H groups in total. The monoisotopic (exact) mass is 430 g/mol. The lowest BCUT2D eigenvalue weighted by Gasteiger charge is -2.26. The van der Waals surface area contributed by atoms with Crippen LogP contribution in [0.3, 0.4) is 0 Å². The molecule has 3 aromatic rings. The van der Waals surface area contributed by atoms with E-state index in [1.54, 1.807) is 0 Å². The highest BCUT2D eigenvalue weighted by Gasteiger charge is 2.24. The van der Waals surface area contributed by atoms with Crippen LogP contribution in [0, 0.1) is 0 Å². The zero-order valence-electron chi connectivity index (χ0n) is 17.8. The third-order valence-electron chi connectivity index (χ3n) is 5.86. The Kier molecular flexibility index (Phi) is 5.96. The first-order valence-electron chi connectivity index (χ1n) is 10.9. The van der Waals surface area contributed by atoms with Gasteiger partial charge in [0.15, 0.2) is 0 Å². The van der Waals surface area contributed by atoms with Gasteiger partial charge in [-0.25, -0.2) is 4.98 Å². The number of aromatic nitrogens is 3. The molecule has 2 aliphatic heterocycles. The Balaban J connectivity index is 1.43. The molecule has 0 amide bonds. The van der Waals surface area contributed by atoms with Gasteiger partial charge in [0.1, 0.15) is 18.1 Å². The fraction of sp³-hybridized carbons (Fsp3) is 0.292. The van der Waals surface area contributed by atoms with Crippen molar-refractivity contribution in [1.82, 2.24) is 25.0 Å². The van der Waals surface area contributed by atoms with Crippen LogP contribution in [0.1, 0.15) is 17.2 Å². The zero-order valence-corrected chi connectivity index (χ0v) is 17.8. The maximum absolute atomic E-state index is 11.8. The number of pyridine rings is 1. The van der Waals surface area contributed by atoms with Gasteiger partial charge in [0, 0.05) is 54.4 Å². The van der Waals surface area contributed by atoms with E-state index in [9.17, 15) is 4.79 Å². The van der Waals surface area contributed by atoms with E-state index in [1.165, 1.54) is 0 Å². The summed E-state index contributed by atoms with van der Waals surface area (Å²) in [5.74, 6) is 0.670. The van der Waals surface area contributed by atoms with E-state index in [2.05, 4.69) is 25.6 Å². The lowest BCUT2D eigenvalue weighted by Crippen LogP contribution is -2.38. The van der Waals surface area contributed by atoms with E-state index < -0.39 is 6.04 Å². The topological polar surface area (TPSA) is 84.3 Å². The SMILES string of the molecule is O=CC1NC=Cc2c(-c3cnn(CCN4CCOCC4)c3)cnc(Nc3ccccc3)c21. The minimum atomic E-state index is -0.468. The quantitative estimate of drug-likeness (QED) is 0.558. The number of carbonyl (C=O) groups is 1. The normalized spacial score (nSPS) is 18.1. The Hall–Kier alpha value is -3.49. The first-order valence-corrected chi connectivity index (χ1v) is 10.9. The van der Waals surface area contributed by atoms with E-state index in [0.29, 0.717) is 5.82 Å². The summed E-state index contributed by atoms with van der Waals surface area (Å²) in [6, 6.07) is 9.37. The Morgan fingerprint density at radius 1 is 1.16 bits per heavy atom. The van der Waals surface area contributed by atoms with Crippen LogP contribution in [0.2, 0.25) is 0 Å². The minimum Gasteiger partial charge on any atom is -0.379 e. The summed E-state index contributed by atoms with van der Waals surface area (Å²) >= 11 is 0. The number of hydrogen-bond donors (Lipinski definition) is 2. The molecule has 1 atom stereocenters. The van der Waals surface area contributed by atoms with Gasteiger partial charge in [0.25, 0.3) is 0 Å². The van der Waals surface area contributed by atoms with Crippen molar-refractivity contribution < 1.29 is 9.53 Å². The number of para-hydroxylation sites is 1. The highest BCUT2D eigenvalue weighted by atomic mass is 16.5. The lowest BCUT2D eigenvalue weighted by atomic mass is 9.93. The summed E-state index contributed by atoms with van der Waals surface area (Å²) in [7, 11) is 0. The summed E-state index contributed by atoms with van der Waals surface area (Å²) in [5.41, 5.74) is 4.68. The molecule has 1 unspecified atom stereocenters. The predicted octanol–water partition coefficient (Wildman–Crippen LogP) is 2.83. The highest BCUT2D eigenvalue weighted by Crippen LogP contribution is 2.36. The molecule has 1 saturated heterocycles. The van der Waals surface area contributed by atoms with Crippen LogP contribution in [0.25, 0.3) is 17.2 Å². The fourth-order valence-electron chi connectivity index (χ4n) is 4.14. The number of anilines is 2. The molecule has 0 saturated carbocycles. The van der Waals surface area contributed by atoms with Gasteiger partial charge in [-0.15, -0.1) is 0 Å². The first-order chi connectivity index (χ1) is 15.8. The van der Waals surface area contributed by atoms with Crippen LogP contribution < -0.4 is 10.6 Å². The number of carbonyl (C=O) groups excluding carboxylic acids is 1. The largest absolute Gasteiger partial charge is 0.379 e. The smallest absolute Gasteiger partial charge is 0.146 e. The van der Waals surface area contributed by atoms with Crippen LogP contribution in [0.5, 0.6) is 0 Å². The second-order valence-corrected chi connectivity index (χ2v) is 7.90. The van der Waals surface area contributed by atoms with Crippen molar-refractivity contribution in [2.75, 3.05) is 38.2 Å². The Morgan fingerprint density at radius 3 is 2.81 bits per heavy atom. The number of morpholine rings is 1. The Bertz CT molecular complexity index is 1100. The molecule has 0 bridgehead atoms. The van der Waals surface area contributed by atoms with E-state index >= 15 is 0 Å². The molecule has 5 rings (SSSR count). The molecule has 1 aromatic carbocycles. The predicted molar refractivity (Wildman–Crippen MR) is 123 cm³/mol. The molecule has 0 aliphatic carbocycles. The average molecular weight is 431 g/mol. The number of nitrogens with zero attached hydrogens (tertiary/aromatic N) is 4. The maximum atomic E-state index is 11.8. The molecule has 0 spiro atoms. The van der Waals surface area contributed by atoms with Crippen molar-refractivity contribution in [3.63, 3.8) is 0 Å². The number of hydrogen-bond acceptors (Lipinski definition) is 7. The first kappa shape index (κ1) is 20.4. The van der Waals surface area contributed by atoms with Gasteiger partial charge < -0.3 is 20.2 Å². The molecular weight excluding hydrogens is 404 g/mol. The second kappa shape index (κ2) is 9.33. The zero-order chi connectivity index (χ0) is 21.8. The second-order valence-electron chi connectivity index (χ2n) is 7.90. The average Bonchev–Trinajstić information content (AvgIpc) is 3.32. The number of ether oxygens (including phenoxy) is 1. The van der Waals surface area contributed by atoms with Crippen molar-refractivity contribution >= 4 is 23.9 Å². The molecular formula is C24H26N6O2. The van der Waals surface area contributed by atoms with Gasteiger partial charge in [-0.1, -0.05) is 18.2 Å². The summed E-state index contributed by atoms with van der Waals surface area (Å²) in [4.78, 5) is 18.9. The van der Waals surface area contributed by atoms with E-state index in [0.717, 1.165) is 73.6 Å². The van der Waals surface area contributed by atoms with Gasteiger partial charge >= 0.3 is 0 Å². The molecule has 164 valence electrons. The highest BCUT2D eigenvalue weighted by molar-refractivity contribution is 5.84. The van der Waals surface area contributed by atoms with Crippen molar-refractivity contribution in [2.45, 2.75) is 12.6 Å². The standard InChI is InChI=1S/C24H26N6O2/c31-17-22-23-20(6-7-25-22)21(15-26-24(23)28-19-4-2-1-3-5-19)18-14-27-30(16-18)9-8-29-10-12-32-13-11-29/h1-7,14-17,22,25H,8-13H2,(H,26,28). The molecule has 8 nitrogen and oxygen atoms in total. The number of aldehydes is 1. The van der Waals surface area contributed by atoms with E-state index in [-0.39, 0.29) is 0 Å². The van der Waals surface area contributed by atoms with Crippen molar-refractivity contribution in [1.29, 1.82) is 0 Å². The molecule has 1 fully saturated rings. The van der Waals surface area contributed by atoms with Gasteiger partial charge in [-0.3, -0.25) is 9.58 Å². The molecule has 0 radical (unpaired) electrons. The number of rotatable bonds is 7. The van der Waals surface area contributed by atoms with Crippen molar-refractivity contribution in [3.05, 3.63) is 66.2 Å². The fourth-order valence-corrected chi connectivity index (χ4v) is 4.14. The number of fused-ring (bicyclic) bond motifs is 1. The van der Waals surface area contributed by atoms with Gasteiger partial charge in [-0.05, 0) is 30.0 Å². The van der Waals surface area contributed by atoms with E-state index in [4.69, 9.17) is 4.74 Å². The summed E-state index contributed by atoms with van der Waals surface area (Å²) in [6.07, 6.45) is 10.5. The van der Waals surface area contributed by atoms with Gasteiger partial charge in [0.2, 0.25) is 0 Å². The van der Waals surface area contributed by atoms with Crippen LogP contribution >= 0.6 is 0 Å². The van der Waals surface area contributed by atoms with Crippen LogP contribution in [-0.2, 0) is 16.1 Å². The summed E-state index contributed by atoms with van der Waals surface area (Å²) in [5, 5.41) is 11.0. The summed E-state index contributed by atoms with van der Waals surface area (Å²) < 4.78 is 7.39. The minimum absolute atomic E-state index is 0.468. The Morgan fingerprint density at radius 2 is 2.00 bits per heavy atom. The van der Waals surface area contributed by atoms with Gasteiger partial charge in [0.05, 0.1) is 26.0 Å². The van der Waals surface area contributed by atoms with Gasteiger partial charge in [-0.2, -0.15) is 5.10 Å². The summed E-state index contributed by atoms with van der Waals surface area (Å²) in [6.45, 7) is 5.28. The van der Waals surface area contributed by atoms with E-state index in [1.807, 2.05) is 65.9 Å². The molecule has 4 heterocycles. The number of nitrogens with one attached hydrogen (secondary N) is 2. The maximum Gasteiger partial charge on any atom is 0.146 e. The number of benzene rings is 1. The molecule has 8 heteroatoms. The van der Waals surface area contributed by atoms with Crippen molar-refractivity contribution in [2.24, 2.45) is 0 Å². The third-order valence-corrected chi connectivity index (χ3v) is 5.86. The van der Waals surface area contributed by atoms with Crippen molar-refractivity contribution in [3.8, 4) is 11.1 Å². The third kappa shape index (κ3) is 4.28. The van der Waals surface area contributed by atoms with Crippen LogP contribution in [0.15, 0.2) is 55.1 Å². The van der Waals surface area contributed by atoms with Crippen LogP contribution in [-0.4, -0.2) is 58.8 Å².